The van der Waals surface area contributed by atoms with Crippen LogP contribution in [0.1, 0.15) is 163 Å². The van der Waals surface area contributed by atoms with Crippen molar-refractivity contribution < 1.29 is 0 Å². The summed E-state index contributed by atoms with van der Waals surface area (Å²) in [7, 11) is 0. The van der Waals surface area contributed by atoms with Gasteiger partial charge in [0.2, 0.25) is 0 Å². The molecule has 3 aliphatic rings. The summed E-state index contributed by atoms with van der Waals surface area (Å²) in [4.78, 5) is 10.9. The van der Waals surface area contributed by atoms with E-state index < -0.39 is 0 Å². The first-order chi connectivity index (χ1) is 31.1. The molecule has 0 spiro atoms. The minimum Gasteiger partial charge on any atom is -0.310 e. The summed E-state index contributed by atoms with van der Waals surface area (Å²) in [5, 5.41) is 1.33. The molecule has 4 heterocycles. The molecule has 3 nitrogen and oxygen atoms in total. The number of aryl methyl sites for hydroxylation is 1. The molecule has 5 heteroatoms. The lowest BCUT2D eigenvalue weighted by Gasteiger charge is -2.45. The molecule has 2 aromatic heterocycles. The molecule has 0 bridgehead atoms. The SMILES string of the molecule is Cc1cc2c3c(n1)N(c1ccc(C(C)(C)C)cc1-c1ccc(C(C)(C)C)cc1)c1cc(C(C)(C)C)ccc1B3c1sc3ccc(C(C)(C)C)cc3c1N2c1ccc2c(c1)C(C)(C)CCC2(C)C. The second-order valence-electron chi connectivity index (χ2n) is 25.7. The molecule has 0 radical (unpaired) electrons. The van der Waals surface area contributed by atoms with Gasteiger partial charge in [-0.1, -0.05) is 165 Å². The van der Waals surface area contributed by atoms with Crippen molar-refractivity contribution in [3.63, 3.8) is 0 Å². The maximum absolute atomic E-state index is 5.73. The van der Waals surface area contributed by atoms with Crippen molar-refractivity contribution in [3.8, 4) is 11.1 Å². The molecule has 2 aliphatic heterocycles. The minimum absolute atomic E-state index is 0.00326. The Morgan fingerprint density at radius 1 is 0.537 bits per heavy atom. The number of hydrogen-bond donors (Lipinski definition) is 0. The van der Waals surface area contributed by atoms with Gasteiger partial charge in [-0.05, 0) is 151 Å². The summed E-state index contributed by atoms with van der Waals surface area (Å²) >= 11 is 1.98. The number of anilines is 6. The first-order valence-electron chi connectivity index (χ1n) is 24.9. The predicted molar refractivity (Wildman–Crippen MR) is 294 cm³/mol. The van der Waals surface area contributed by atoms with Gasteiger partial charge in [0.05, 0.1) is 11.4 Å². The Balaban J connectivity index is 1.32. The van der Waals surface area contributed by atoms with E-state index in [4.69, 9.17) is 4.98 Å². The first-order valence-corrected chi connectivity index (χ1v) is 25.7. The fourth-order valence-corrected chi connectivity index (χ4v) is 12.5. The summed E-state index contributed by atoms with van der Waals surface area (Å²) in [5.74, 6) is 1.03. The molecule has 0 unspecified atom stereocenters. The number of hydrogen-bond acceptors (Lipinski definition) is 4. The Bertz CT molecular complexity index is 3140. The van der Waals surface area contributed by atoms with Gasteiger partial charge in [-0.2, -0.15) is 0 Å². The molecule has 344 valence electrons. The number of thiophene rings is 1. The molecule has 7 aromatic rings. The number of pyridine rings is 1. The monoisotopic (exact) mass is 902 g/mol. The van der Waals surface area contributed by atoms with Gasteiger partial charge in [0.15, 0.2) is 0 Å². The molecular formula is C62H72BN3S. The summed E-state index contributed by atoms with van der Waals surface area (Å²) in [6.07, 6.45) is 2.36. The standard InChI is InChI=1S/C62H72BN3S/c1-37-32-51-53-56(64-37)66(49-28-23-40(58(5,6)7)33-44(49)38-18-20-39(21-19-38)57(2,3)4)50-35-42(60(11,12)13)22-27-48(50)63(53)55-54(45-34-41(59(8,9)10)24-29-52(45)67-55)65(51)43-25-26-46-47(36-43)62(16,17)31-30-61(46,14)15/h18-29,32-36H,30-31H2,1-17H3. The third kappa shape index (κ3) is 7.49. The van der Waals surface area contributed by atoms with Crippen molar-refractivity contribution >= 4 is 78.1 Å². The van der Waals surface area contributed by atoms with E-state index in [2.05, 4.69) is 231 Å². The third-order valence-corrected chi connectivity index (χ3v) is 16.9. The van der Waals surface area contributed by atoms with Crippen molar-refractivity contribution in [3.05, 3.63) is 142 Å². The molecule has 1 aliphatic carbocycles. The van der Waals surface area contributed by atoms with Crippen molar-refractivity contribution in [2.75, 3.05) is 9.80 Å². The Hall–Kier alpha value is -5.13. The van der Waals surface area contributed by atoms with E-state index in [0.717, 1.165) is 17.2 Å². The molecule has 0 atom stereocenters. The predicted octanol–water partition coefficient (Wildman–Crippen LogP) is 15.9. The van der Waals surface area contributed by atoms with Crippen molar-refractivity contribution in [1.82, 2.24) is 4.98 Å². The van der Waals surface area contributed by atoms with Gasteiger partial charge in [-0.25, -0.2) is 4.98 Å². The molecule has 0 N–H and O–H groups in total. The summed E-state index contributed by atoms with van der Waals surface area (Å²) < 4.78 is 2.72. The number of benzene rings is 5. The van der Waals surface area contributed by atoms with Crippen LogP contribution < -0.4 is 25.5 Å². The zero-order chi connectivity index (χ0) is 48.1. The van der Waals surface area contributed by atoms with Crippen LogP contribution in [0.15, 0.2) is 103 Å². The number of fused-ring (bicyclic) bond motifs is 7. The summed E-state index contributed by atoms with van der Waals surface area (Å²) in [6.45, 7) is 39.9. The highest BCUT2D eigenvalue weighted by atomic mass is 32.1. The van der Waals surface area contributed by atoms with Gasteiger partial charge < -0.3 is 4.90 Å². The van der Waals surface area contributed by atoms with Crippen LogP contribution in [-0.2, 0) is 32.5 Å². The normalized spacial score (nSPS) is 16.5. The van der Waals surface area contributed by atoms with Crippen LogP contribution in [-0.4, -0.2) is 11.7 Å². The fourth-order valence-electron chi connectivity index (χ4n) is 11.2. The highest BCUT2D eigenvalue weighted by Gasteiger charge is 2.47. The lowest BCUT2D eigenvalue weighted by atomic mass is 9.36. The topological polar surface area (TPSA) is 19.4 Å². The van der Waals surface area contributed by atoms with Crippen LogP contribution in [0.2, 0.25) is 0 Å². The van der Waals surface area contributed by atoms with Crippen LogP contribution >= 0.6 is 11.3 Å². The average molecular weight is 902 g/mol. The Morgan fingerprint density at radius 3 is 1.75 bits per heavy atom. The smallest absolute Gasteiger partial charge is 0.266 e. The van der Waals surface area contributed by atoms with E-state index in [1.807, 2.05) is 11.3 Å². The highest BCUT2D eigenvalue weighted by molar-refractivity contribution is 7.33. The maximum atomic E-state index is 5.73. The van der Waals surface area contributed by atoms with Crippen LogP contribution in [0.3, 0.4) is 0 Å². The lowest BCUT2D eigenvalue weighted by Crippen LogP contribution is -2.61. The van der Waals surface area contributed by atoms with Crippen LogP contribution in [0, 0.1) is 6.92 Å². The largest absolute Gasteiger partial charge is 0.310 e. The average Bonchev–Trinajstić information content (AvgIpc) is 3.62. The quantitative estimate of drug-likeness (QED) is 0.165. The lowest BCUT2D eigenvalue weighted by molar-refractivity contribution is 0.332. The molecule has 10 rings (SSSR count). The highest BCUT2D eigenvalue weighted by Crippen LogP contribution is 2.53. The van der Waals surface area contributed by atoms with E-state index in [-0.39, 0.29) is 39.2 Å². The zero-order valence-electron chi connectivity index (χ0n) is 43.6. The van der Waals surface area contributed by atoms with Crippen LogP contribution in [0.4, 0.5) is 34.3 Å². The maximum Gasteiger partial charge on any atom is 0.266 e. The molecular weight excluding hydrogens is 830 g/mol. The second kappa shape index (κ2) is 14.9. The Labute approximate surface area is 407 Å². The van der Waals surface area contributed by atoms with Crippen molar-refractivity contribution in [1.29, 1.82) is 0 Å². The second-order valence-corrected chi connectivity index (χ2v) is 26.8. The van der Waals surface area contributed by atoms with E-state index in [1.54, 1.807) is 0 Å². The Kier molecular flexibility index (Phi) is 10.2. The van der Waals surface area contributed by atoms with Crippen LogP contribution in [0.25, 0.3) is 21.2 Å². The van der Waals surface area contributed by atoms with Gasteiger partial charge in [0.1, 0.15) is 5.82 Å². The van der Waals surface area contributed by atoms with E-state index in [1.165, 1.54) is 106 Å². The van der Waals surface area contributed by atoms with Crippen molar-refractivity contribution in [2.24, 2.45) is 0 Å². The van der Waals surface area contributed by atoms with Gasteiger partial charge in [-0.3, -0.25) is 4.90 Å². The van der Waals surface area contributed by atoms with E-state index >= 15 is 0 Å². The molecule has 0 saturated heterocycles. The zero-order valence-corrected chi connectivity index (χ0v) is 44.4. The molecule has 0 fully saturated rings. The number of rotatable bonds is 3. The summed E-state index contributed by atoms with van der Waals surface area (Å²) in [5.41, 5.74) is 20.7. The molecule has 0 saturated carbocycles. The minimum atomic E-state index is -0.0574. The first kappa shape index (κ1) is 45.6. The van der Waals surface area contributed by atoms with Gasteiger partial charge >= 0.3 is 0 Å². The summed E-state index contributed by atoms with van der Waals surface area (Å²) in [6, 6.07) is 41.1. The molecule has 0 amide bonds. The number of nitrogens with zero attached hydrogens (tertiary/aromatic N) is 3. The molecule has 67 heavy (non-hydrogen) atoms. The van der Waals surface area contributed by atoms with Gasteiger partial charge in [-0.15, -0.1) is 11.3 Å². The van der Waals surface area contributed by atoms with E-state index in [9.17, 15) is 0 Å². The van der Waals surface area contributed by atoms with Crippen LogP contribution in [0.5, 0.6) is 0 Å². The number of aromatic nitrogens is 1. The molecule has 5 aromatic carbocycles. The fraction of sp³-hybridized carbons (Fsp3) is 0.403. The van der Waals surface area contributed by atoms with Gasteiger partial charge in [0.25, 0.3) is 6.71 Å². The van der Waals surface area contributed by atoms with Gasteiger partial charge in [0, 0.05) is 43.2 Å². The third-order valence-electron chi connectivity index (χ3n) is 15.6. The van der Waals surface area contributed by atoms with Crippen molar-refractivity contribution in [2.45, 2.75) is 163 Å². The Morgan fingerprint density at radius 2 is 1.10 bits per heavy atom. The van der Waals surface area contributed by atoms with E-state index in [0.29, 0.717) is 0 Å².